The fraction of sp³-hybridized carbons (Fsp3) is 0.500. The second kappa shape index (κ2) is 7.76. The van der Waals surface area contributed by atoms with Gasteiger partial charge in [0.25, 0.3) is 5.91 Å². The third-order valence-corrected chi connectivity index (χ3v) is 4.88. The molecule has 0 saturated carbocycles. The van der Waals surface area contributed by atoms with Crippen molar-refractivity contribution in [3.63, 3.8) is 0 Å². The lowest BCUT2D eigenvalue weighted by molar-refractivity contribution is -0.0169. The molecule has 1 amide bonds. The van der Waals surface area contributed by atoms with Crippen LogP contribution in [0, 0.1) is 0 Å². The van der Waals surface area contributed by atoms with Gasteiger partial charge in [-0.25, -0.2) is 0 Å². The number of nitrogens with zero attached hydrogens (tertiary/aromatic N) is 4. The van der Waals surface area contributed by atoms with Crippen molar-refractivity contribution < 1.29 is 9.53 Å². The standard InChI is InChI=1S/C18H25N5O2/c1-3-18(2,22-9-11-25-12-10-22)14-19-17(24)16-13-20-23(21-16)15-7-5-4-6-8-15/h4-8,13H,3,9-12,14H2,1-2H3,(H,19,24)/t18-/m1/s1. The average molecular weight is 343 g/mol. The molecule has 1 fully saturated rings. The summed E-state index contributed by atoms with van der Waals surface area (Å²) in [4.78, 5) is 16.3. The highest BCUT2D eigenvalue weighted by molar-refractivity contribution is 5.91. The van der Waals surface area contributed by atoms with E-state index in [0.29, 0.717) is 12.2 Å². The first-order valence-corrected chi connectivity index (χ1v) is 8.71. The molecule has 134 valence electrons. The summed E-state index contributed by atoms with van der Waals surface area (Å²) in [6.07, 6.45) is 2.45. The second-order valence-corrected chi connectivity index (χ2v) is 6.49. The predicted octanol–water partition coefficient (Wildman–Crippen LogP) is 1.50. The molecular formula is C18H25N5O2. The zero-order valence-electron chi connectivity index (χ0n) is 14.8. The van der Waals surface area contributed by atoms with Crippen LogP contribution in [-0.2, 0) is 4.74 Å². The third-order valence-electron chi connectivity index (χ3n) is 4.88. The molecule has 0 radical (unpaired) electrons. The average Bonchev–Trinajstić information content (AvgIpc) is 3.17. The van der Waals surface area contributed by atoms with E-state index in [4.69, 9.17) is 4.74 Å². The molecule has 0 aliphatic carbocycles. The summed E-state index contributed by atoms with van der Waals surface area (Å²) in [5, 5.41) is 11.5. The van der Waals surface area contributed by atoms with Gasteiger partial charge in [-0.1, -0.05) is 25.1 Å². The van der Waals surface area contributed by atoms with Crippen molar-refractivity contribution in [1.29, 1.82) is 0 Å². The second-order valence-electron chi connectivity index (χ2n) is 6.49. The third kappa shape index (κ3) is 4.05. The fourth-order valence-corrected chi connectivity index (χ4v) is 2.98. The Hall–Kier alpha value is -2.25. The minimum atomic E-state index is -0.199. The predicted molar refractivity (Wildman–Crippen MR) is 94.8 cm³/mol. The highest BCUT2D eigenvalue weighted by Gasteiger charge is 2.32. The normalized spacial score (nSPS) is 17.8. The van der Waals surface area contributed by atoms with Gasteiger partial charge in [-0.2, -0.15) is 9.90 Å². The highest BCUT2D eigenvalue weighted by atomic mass is 16.5. The number of morpholine rings is 1. The largest absolute Gasteiger partial charge is 0.379 e. The quantitative estimate of drug-likeness (QED) is 0.860. The number of hydrogen-bond donors (Lipinski definition) is 1. The molecule has 1 saturated heterocycles. The highest BCUT2D eigenvalue weighted by Crippen LogP contribution is 2.20. The minimum Gasteiger partial charge on any atom is -0.379 e. The number of amides is 1. The Morgan fingerprint density at radius 1 is 1.28 bits per heavy atom. The SMILES string of the molecule is CC[C@](C)(CNC(=O)c1cnn(-c2ccccc2)n1)N1CCOCC1. The maximum atomic E-state index is 12.5. The van der Waals surface area contributed by atoms with E-state index in [-0.39, 0.29) is 11.4 Å². The molecule has 2 heterocycles. The van der Waals surface area contributed by atoms with Crippen LogP contribution in [0.15, 0.2) is 36.5 Å². The van der Waals surface area contributed by atoms with Crippen LogP contribution < -0.4 is 5.32 Å². The van der Waals surface area contributed by atoms with Gasteiger partial charge >= 0.3 is 0 Å². The molecule has 1 N–H and O–H groups in total. The van der Waals surface area contributed by atoms with Crippen LogP contribution in [0.2, 0.25) is 0 Å². The van der Waals surface area contributed by atoms with E-state index in [2.05, 4.69) is 34.3 Å². The molecule has 0 bridgehead atoms. The summed E-state index contributed by atoms with van der Waals surface area (Å²) in [5.41, 5.74) is 1.06. The van der Waals surface area contributed by atoms with Crippen molar-refractivity contribution in [3.05, 3.63) is 42.2 Å². The first-order valence-electron chi connectivity index (χ1n) is 8.71. The lowest BCUT2D eigenvalue weighted by Gasteiger charge is -2.42. The number of aromatic nitrogens is 3. The number of ether oxygens (including phenoxy) is 1. The molecule has 25 heavy (non-hydrogen) atoms. The number of benzene rings is 1. The first-order chi connectivity index (χ1) is 12.1. The number of hydrogen-bond acceptors (Lipinski definition) is 5. The maximum Gasteiger partial charge on any atom is 0.273 e. The Morgan fingerprint density at radius 2 is 2.00 bits per heavy atom. The lowest BCUT2D eigenvalue weighted by Crippen LogP contribution is -2.56. The molecule has 0 unspecified atom stereocenters. The van der Waals surface area contributed by atoms with E-state index in [1.54, 1.807) is 0 Å². The summed E-state index contributed by atoms with van der Waals surface area (Å²) >= 11 is 0. The first kappa shape index (κ1) is 17.6. The summed E-state index contributed by atoms with van der Waals surface area (Å²) in [6, 6.07) is 9.54. The van der Waals surface area contributed by atoms with Gasteiger partial charge in [0, 0.05) is 25.2 Å². The molecule has 1 atom stereocenters. The van der Waals surface area contributed by atoms with Gasteiger partial charge in [0.15, 0.2) is 5.69 Å². The Balaban J connectivity index is 1.63. The number of carbonyl (C=O) groups excluding carboxylic acids is 1. The van der Waals surface area contributed by atoms with Crippen LogP contribution in [0.25, 0.3) is 5.69 Å². The van der Waals surface area contributed by atoms with Gasteiger partial charge in [-0.3, -0.25) is 9.69 Å². The van der Waals surface area contributed by atoms with Crippen LogP contribution >= 0.6 is 0 Å². The van der Waals surface area contributed by atoms with E-state index < -0.39 is 0 Å². The maximum absolute atomic E-state index is 12.5. The van der Waals surface area contributed by atoms with Crippen molar-refractivity contribution in [2.75, 3.05) is 32.8 Å². The van der Waals surface area contributed by atoms with E-state index in [0.717, 1.165) is 38.4 Å². The Morgan fingerprint density at radius 3 is 2.68 bits per heavy atom. The van der Waals surface area contributed by atoms with Crippen LogP contribution in [0.1, 0.15) is 30.8 Å². The zero-order valence-corrected chi connectivity index (χ0v) is 14.8. The van der Waals surface area contributed by atoms with Crippen LogP contribution in [0.4, 0.5) is 0 Å². The summed E-state index contributed by atoms with van der Waals surface area (Å²) in [5.74, 6) is -0.199. The molecule has 1 aromatic heterocycles. The molecule has 7 heteroatoms. The molecule has 1 aliphatic heterocycles. The van der Waals surface area contributed by atoms with Crippen molar-refractivity contribution in [3.8, 4) is 5.69 Å². The van der Waals surface area contributed by atoms with E-state index in [1.807, 2.05) is 30.3 Å². The van der Waals surface area contributed by atoms with Crippen molar-refractivity contribution in [2.45, 2.75) is 25.8 Å². The molecule has 7 nitrogen and oxygen atoms in total. The summed E-state index contributed by atoms with van der Waals surface area (Å²) in [7, 11) is 0. The molecule has 1 aromatic carbocycles. The summed E-state index contributed by atoms with van der Waals surface area (Å²) < 4.78 is 5.43. The Labute approximate surface area is 148 Å². The van der Waals surface area contributed by atoms with E-state index in [9.17, 15) is 4.79 Å². The molecular weight excluding hydrogens is 318 g/mol. The fourth-order valence-electron chi connectivity index (χ4n) is 2.98. The van der Waals surface area contributed by atoms with Gasteiger partial charge in [0.1, 0.15) is 0 Å². The van der Waals surface area contributed by atoms with Gasteiger partial charge in [-0.15, -0.1) is 5.10 Å². The van der Waals surface area contributed by atoms with Crippen molar-refractivity contribution >= 4 is 5.91 Å². The van der Waals surface area contributed by atoms with Crippen molar-refractivity contribution in [1.82, 2.24) is 25.2 Å². The number of nitrogens with one attached hydrogen (secondary N) is 1. The zero-order chi connectivity index (χ0) is 17.7. The Kier molecular flexibility index (Phi) is 5.45. The van der Waals surface area contributed by atoms with Gasteiger partial charge in [0.05, 0.1) is 25.1 Å². The van der Waals surface area contributed by atoms with E-state index in [1.165, 1.54) is 11.0 Å². The smallest absolute Gasteiger partial charge is 0.273 e. The molecule has 2 aromatic rings. The van der Waals surface area contributed by atoms with Crippen molar-refractivity contribution in [2.24, 2.45) is 0 Å². The molecule has 3 rings (SSSR count). The number of para-hydroxylation sites is 1. The van der Waals surface area contributed by atoms with Crippen LogP contribution in [0.3, 0.4) is 0 Å². The molecule has 0 spiro atoms. The van der Waals surface area contributed by atoms with Gasteiger partial charge in [0.2, 0.25) is 0 Å². The van der Waals surface area contributed by atoms with E-state index >= 15 is 0 Å². The van der Waals surface area contributed by atoms with Gasteiger partial charge < -0.3 is 10.1 Å². The van der Waals surface area contributed by atoms with Gasteiger partial charge in [-0.05, 0) is 25.5 Å². The number of carbonyl (C=O) groups is 1. The van der Waals surface area contributed by atoms with Crippen LogP contribution in [0.5, 0.6) is 0 Å². The lowest BCUT2D eigenvalue weighted by atomic mass is 9.95. The monoisotopic (exact) mass is 343 g/mol. The number of rotatable bonds is 6. The summed E-state index contributed by atoms with van der Waals surface area (Å²) in [6.45, 7) is 8.17. The molecule has 1 aliphatic rings. The minimum absolute atomic E-state index is 0.0884. The van der Waals surface area contributed by atoms with Crippen LogP contribution in [-0.4, -0.2) is 64.2 Å². The Bertz CT molecular complexity index is 697. The topological polar surface area (TPSA) is 72.3 Å².